The molecule has 1 rings (SSSR count). The molecule has 76 valence electrons. The summed E-state index contributed by atoms with van der Waals surface area (Å²) in [5.41, 5.74) is 3.84. The van der Waals surface area contributed by atoms with Crippen LogP contribution in [0, 0.1) is 0 Å². The van der Waals surface area contributed by atoms with E-state index in [9.17, 15) is 13.6 Å². The van der Waals surface area contributed by atoms with Crippen LogP contribution in [-0.4, -0.2) is 10.2 Å². The Morgan fingerprint density at radius 3 is 2.50 bits per heavy atom. The van der Waals surface area contributed by atoms with E-state index in [2.05, 4.69) is 4.98 Å². The predicted molar refractivity (Wildman–Crippen MR) is 48.8 cm³/mol. The first-order valence-corrected chi connectivity index (χ1v) is 4.12. The Hall–Kier alpha value is -0.940. The van der Waals surface area contributed by atoms with Gasteiger partial charge < -0.3 is 5.73 Å². The quantitative estimate of drug-likeness (QED) is 0.639. The van der Waals surface area contributed by atoms with Gasteiger partial charge in [-0.3, -0.25) is 4.79 Å². The number of nitrogen functional groups attached to an aromatic ring is 1. The molecule has 0 spiro atoms. The minimum absolute atomic E-state index is 0.218. The SMILES string of the molecule is Nc1cnc(Cl)c(C(F)F)c1C(=O)Cl. The number of nitrogens with two attached hydrogens (primary N) is 1. The number of rotatable bonds is 2. The van der Waals surface area contributed by atoms with Gasteiger partial charge in [-0.1, -0.05) is 11.6 Å². The third-order valence-electron chi connectivity index (χ3n) is 1.51. The largest absolute Gasteiger partial charge is 0.397 e. The fraction of sp³-hybridized carbons (Fsp3) is 0.143. The third-order valence-corrected chi connectivity index (χ3v) is 2.00. The Morgan fingerprint density at radius 2 is 2.14 bits per heavy atom. The van der Waals surface area contributed by atoms with Crippen molar-refractivity contribution in [3.8, 4) is 0 Å². The highest BCUT2D eigenvalue weighted by Gasteiger charge is 2.24. The topological polar surface area (TPSA) is 56.0 Å². The zero-order chi connectivity index (χ0) is 10.9. The number of hydrogen-bond acceptors (Lipinski definition) is 3. The van der Waals surface area contributed by atoms with Crippen LogP contribution in [0.4, 0.5) is 14.5 Å². The van der Waals surface area contributed by atoms with Crippen LogP contribution >= 0.6 is 23.2 Å². The van der Waals surface area contributed by atoms with Crippen molar-refractivity contribution in [3.63, 3.8) is 0 Å². The summed E-state index contributed by atoms with van der Waals surface area (Å²) in [6.45, 7) is 0. The maximum absolute atomic E-state index is 12.4. The summed E-state index contributed by atoms with van der Waals surface area (Å²) in [6.07, 6.45) is -1.94. The van der Waals surface area contributed by atoms with Crippen molar-refractivity contribution in [2.24, 2.45) is 0 Å². The lowest BCUT2D eigenvalue weighted by molar-refractivity contribution is 0.106. The van der Waals surface area contributed by atoms with E-state index < -0.39 is 27.9 Å². The number of carbonyl (C=O) groups is 1. The van der Waals surface area contributed by atoms with Crippen LogP contribution in [0.25, 0.3) is 0 Å². The van der Waals surface area contributed by atoms with Gasteiger partial charge in [0.25, 0.3) is 11.7 Å². The molecular formula is C7H4Cl2F2N2O. The second kappa shape index (κ2) is 4.06. The third kappa shape index (κ3) is 1.93. The van der Waals surface area contributed by atoms with Crippen molar-refractivity contribution >= 4 is 34.1 Å². The molecule has 1 aromatic heterocycles. The van der Waals surface area contributed by atoms with Crippen molar-refractivity contribution in [3.05, 3.63) is 22.5 Å². The Labute approximate surface area is 87.8 Å². The van der Waals surface area contributed by atoms with E-state index in [4.69, 9.17) is 28.9 Å². The zero-order valence-corrected chi connectivity index (χ0v) is 8.11. The van der Waals surface area contributed by atoms with Crippen molar-refractivity contribution < 1.29 is 13.6 Å². The standard InChI is InChI=1S/C7H4Cl2F2N2O/c8-5-4(7(10)11)3(6(9)14)2(12)1-13-5/h1,7H,12H2. The Morgan fingerprint density at radius 1 is 1.57 bits per heavy atom. The van der Waals surface area contributed by atoms with Gasteiger partial charge in [-0.15, -0.1) is 0 Å². The minimum Gasteiger partial charge on any atom is -0.397 e. The Kier molecular flexibility index (Phi) is 3.23. The molecule has 1 heterocycles. The lowest BCUT2D eigenvalue weighted by Crippen LogP contribution is -2.06. The molecule has 0 bridgehead atoms. The van der Waals surface area contributed by atoms with E-state index in [1.54, 1.807) is 0 Å². The molecule has 0 unspecified atom stereocenters. The van der Waals surface area contributed by atoms with Crippen molar-refractivity contribution in [2.75, 3.05) is 5.73 Å². The van der Waals surface area contributed by atoms with Crippen LogP contribution in [0.5, 0.6) is 0 Å². The van der Waals surface area contributed by atoms with Gasteiger partial charge in [0.15, 0.2) is 0 Å². The molecule has 0 aliphatic rings. The molecule has 0 aromatic carbocycles. The van der Waals surface area contributed by atoms with E-state index in [0.29, 0.717) is 0 Å². The highest BCUT2D eigenvalue weighted by atomic mass is 35.5. The molecule has 0 saturated heterocycles. The van der Waals surface area contributed by atoms with Crippen LogP contribution in [-0.2, 0) is 0 Å². The van der Waals surface area contributed by atoms with E-state index in [1.165, 1.54) is 0 Å². The molecule has 1 aromatic rings. The molecule has 3 nitrogen and oxygen atoms in total. The highest BCUT2D eigenvalue weighted by Crippen LogP contribution is 2.32. The normalized spacial score (nSPS) is 10.6. The van der Waals surface area contributed by atoms with E-state index in [0.717, 1.165) is 6.20 Å². The number of halogens is 4. The number of alkyl halides is 2. The summed E-state index contributed by atoms with van der Waals surface area (Å²) < 4.78 is 24.9. The first-order valence-electron chi connectivity index (χ1n) is 3.37. The van der Waals surface area contributed by atoms with Crippen molar-refractivity contribution in [1.82, 2.24) is 4.98 Å². The van der Waals surface area contributed by atoms with Gasteiger partial charge >= 0.3 is 0 Å². The number of aromatic nitrogens is 1. The van der Waals surface area contributed by atoms with Crippen LogP contribution in [0.3, 0.4) is 0 Å². The monoisotopic (exact) mass is 240 g/mol. The molecule has 0 aliphatic carbocycles. The summed E-state index contributed by atoms with van der Waals surface area (Å²) in [5, 5.41) is -1.56. The average molecular weight is 241 g/mol. The molecule has 0 atom stereocenters. The molecule has 0 saturated carbocycles. The first kappa shape index (κ1) is 11.1. The molecule has 0 amide bonds. The smallest absolute Gasteiger partial charge is 0.267 e. The van der Waals surface area contributed by atoms with Crippen molar-refractivity contribution in [2.45, 2.75) is 6.43 Å². The fourth-order valence-electron chi connectivity index (χ4n) is 0.937. The second-order valence-corrected chi connectivity index (χ2v) is 3.07. The van der Waals surface area contributed by atoms with Crippen LogP contribution < -0.4 is 5.73 Å². The second-order valence-electron chi connectivity index (χ2n) is 2.37. The molecule has 0 fully saturated rings. The highest BCUT2D eigenvalue weighted by molar-refractivity contribution is 6.68. The predicted octanol–water partition coefficient (Wildman–Crippen LogP) is 2.63. The number of nitrogens with zero attached hydrogens (tertiary/aromatic N) is 1. The van der Waals surface area contributed by atoms with Gasteiger partial charge in [-0.25, -0.2) is 13.8 Å². The minimum atomic E-state index is -2.95. The summed E-state index contributed by atoms with van der Waals surface area (Å²) in [7, 11) is 0. The van der Waals surface area contributed by atoms with Crippen molar-refractivity contribution in [1.29, 1.82) is 0 Å². The van der Waals surface area contributed by atoms with Crippen LogP contribution in [0.1, 0.15) is 22.3 Å². The van der Waals surface area contributed by atoms with Gasteiger partial charge in [0.1, 0.15) is 5.15 Å². The number of hydrogen-bond donors (Lipinski definition) is 1. The molecular weight excluding hydrogens is 237 g/mol. The summed E-state index contributed by atoms with van der Waals surface area (Å²) in [4.78, 5) is 14.2. The molecule has 2 N–H and O–H groups in total. The molecule has 14 heavy (non-hydrogen) atoms. The molecule has 0 radical (unpaired) electrons. The number of pyridine rings is 1. The zero-order valence-electron chi connectivity index (χ0n) is 6.60. The maximum atomic E-state index is 12.4. The summed E-state index contributed by atoms with van der Waals surface area (Å²) >= 11 is 10.5. The molecule has 0 aliphatic heterocycles. The van der Waals surface area contributed by atoms with Crippen LogP contribution in [0.15, 0.2) is 6.20 Å². The van der Waals surface area contributed by atoms with Gasteiger partial charge in [0, 0.05) is 0 Å². The van der Waals surface area contributed by atoms with E-state index in [1.807, 2.05) is 0 Å². The summed E-state index contributed by atoms with van der Waals surface area (Å²) in [5.74, 6) is 0. The van der Waals surface area contributed by atoms with Crippen LogP contribution in [0.2, 0.25) is 5.15 Å². The van der Waals surface area contributed by atoms with Gasteiger partial charge in [-0.05, 0) is 11.6 Å². The lowest BCUT2D eigenvalue weighted by atomic mass is 10.1. The van der Waals surface area contributed by atoms with Gasteiger partial charge in [0.05, 0.1) is 23.0 Å². The Balaban J connectivity index is 3.50. The molecule has 7 heteroatoms. The van der Waals surface area contributed by atoms with E-state index >= 15 is 0 Å². The lowest BCUT2D eigenvalue weighted by Gasteiger charge is -2.08. The Bertz CT molecular complexity index is 384. The number of anilines is 1. The first-order chi connectivity index (χ1) is 6.45. The van der Waals surface area contributed by atoms with Gasteiger partial charge in [-0.2, -0.15) is 0 Å². The maximum Gasteiger partial charge on any atom is 0.267 e. The van der Waals surface area contributed by atoms with E-state index in [-0.39, 0.29) is 5.69 Å². The number of carbonyl (C=O) groups excluding carboxylic acids is 1. The van der Waals surface area contributed by atoms with Gasteiger partial charge in [0.2, 0.25) is 0 Å². The summed E-state index contributed by atoms with van der Waals surface area (Å²) in [6, 6.07) is 0. The average Bonchev–Trinajstić information content (AvgIpc) is 2.07. The fourth-order valence-corrected chi connectivity index (χ4v) is 1.37.